The van der Waals surface area contributed by atoms with Crippen LogP contribution in [0.4, 0.5) is 0 Å². The van der Waals surface area contributed by atoms with Gasteiger partial charge in [-0.3, -0.25) is 0 Å². The number of carbonyl (C=O) groups excluding carboxylic acids is 1. The van der Waals surface area contributed by atoms with Gasteiger partial charge in [-0.1, -0.05) is 0 Å². The number of aryl methyl sites for hydroxylation is 1. The maximum Gasteiger partial charge on any atom is 0.338 e. The number of thioether (sulfide) groups is 1. The zero-order valence-electron chi connectivity index (χ0n) is 8.79. The minimum Gasteiger partial charge on any atom is -0.462 e. The molecule has 0 amide bonds. The lowest BCUT2D eigenvalue weighted by atomic mass is 10.1. The van der Waals surface area contributed by atoms with Gasteiger partial charge in [0.15, 0.2) is 0 Å². The van der Waals surface area contributed by atoms with Crippen LogP contribution in [0.15, 0.2) is 23.1 Å². The number of ether oxygens (including phenoxy) is 1. The van der Waals surface area contributed by atoms with Crippen LogP contribution in [0, 0.1) is 0 Å². The Morgan fingerprint density at radius 2 is 2.40 bits per heavy atom. The maximum absolute atomic E-state index is 11.5. The van der Waals surface area contributed by atoms with Crippen molar-refractivity contribution in [3.63, 3.8) is 0 Å². The number of benzene rings is 1. The van der Waals surface area contributed by atoms with Gasteiger partial charge in [-0.05, 0) is 49.3 Å². The maximum atomic E-state index is 11.5. The molecule has 0 unspecified atom stereocenters. The second kappa shape index (κ2) is 4.71. The summed E-state index contributed by atoms with van der Waals surface area (Å²) in [5, 5.41) is 0. The SMILES string of the molecule is CCOC(=O)c1ccc2c(c1)CCCS2. The molecule has 2 rings (SSSR count). The van der Waals surface area contributed by atoms with E-state index in [0.717, 1.165) is 6.42 Å². The summed E-state index contributed by atoms with van der Waals surface area (Å²) >= 11 is 1.87. The van der Waals surface area contributed by atoms with Crippen molar-refractivity contribution in [2.75, 3.05) is 12.4 Å². The number of esters is 1. The fourth-order valence-electron chi connectivity index (χ4n) is 1.70. The fraction of sp³-hybridized carbons (Fsp3) is 0.417. The van der Waals surface area contributed by atoms with Gasteiger partial charge in [0.2, 0.25) is 0 Å². The monoisotopic (exact) mass is 222 g/mol. The molecule has 0 radical (unpaired) electrons. The molecule has 0 bridgehead atoms. The van der Waals surface area contributed by atoms with Crippen LogP contribution in [0.3, 0.4) is 0 Å². The van der Waals surface area contributed by atoms with Gasteiger partial charge < -0.3 is 4.74 Å². The Bertz CT molecular complexity index is 374. The van der Waals surface area contributed by atoms with E-state index in [-0.39, 0.29) is 5.97 Å². The Hall–Kier alpha value is -0.960. The lowest BCUT2D eigenvalue weighted by molar-refractivity contribution is 0.0526. The highest BCUT2D eigenvalue weighted by atomic mass is 32.2. The molecule has 15 heavy (non-hydrogen) atoms. The average Bonchev–Trinajstić information content (AvgIpc) is 2.29. The molecule has 0 saturated carbocycles. The Labute approximate surface area is 94.0 Å². The number of hydrogen-bond donors (Lipinski definition) is 0. The van der Waals surface area contributed by atoms with Crippen molar-refractivity contribution in [1.82, 2.24) is 0 Å². The third-order valence-corrected chi connectivity index (χ3v) is 3.62. The number of rotatable bonds is 2. The van der Waals surface area contributed by atoms with E-state index in [2.05, 4.69) is 0 Å². The van der Waals surface area contributed by atoms with Crippen LogP contribution in [-0.4, -0.2) is 18.3 Å². The first-order valence-electron chi connectivity index (χ1n) is 5.24. The molecule has 0 atom stereocenters. The van der Waals surface area contributed by atoms with Crippen molar-refractivity contribution in [2.24, 2.45) is 0 Å². The topological polar surface area (TPSA) is 26.3 Å². The minimum absolute atomic E-state index is 0.212. The standard InChI is InChI=1S/C12H14O2S/c1-2-14-12(13)10-5-6-11-9(8-10)4-3-7-15-11/h5-6,8H,2-4,7H2,1H3. The summed E-state index contributed by atoms with van der Waals surface area (Å²) in [5.41, 5.74) is 1.97. The first-order valence-corrected chi connectivity index (χ1v) is 6.22. The summed E-state index contributed by atoms with van der Waals surface area (Å²) in [6, 6.07) is 5.86. The second-order valence-electron chi connectivity index (χ2n) is 3.49. The molecule has 0 fully saturated rings. The molecular formula is C12H14O2S. The van der Waals surface area contributed by atoms with Gasteiger partial charge in [0.05, 0.1) is 12.2 Å². The van der Waals surface area contributed by atoms with E-state index in [1.165, 1.54) is 22.6 Å². The lowest BCUT2D eigenvalue weighted by Gasteiger charge is -2.15. The predicted molar refractivity (Wildman–Crippen MR) is 61.4 cm³/mol. The summed E-state index contributed by atoms with van der Waals surface area (Å²) < 4.78 is 4.97. The molecular weight excluding hydrogens is 208 g/mol. The van der Waals surface area contributed by atoms with Crippen LogP contribution in [0.2, 0.25) is 0 Å². The molecule has 1 aromatic carbocycles. The molecule has 1 aromatic rings. The lowest BCUT2D eigenvalue weighted by Crippen LogP contribution is -2.07. The van der Waals surface area contributed by atoms with Crippen molar-refractivity contribution in [2.45, 2.75) is 24.7 Å². The van der Waals surface area contributed by atoms with Crippen LogP contribution in [0.25, 0.3) is 0 Å². The van der Waals surface area contributed by atoms with Crippen LogP contribution in [0.1, 0.15) is 29.3 Å². The molecule has 1 aliphatic heterocycles. The quantitative estimate of drug-likeness (QED) is 0.720. The molecule has 0 aliphatic carbocycles. The summed E-state index contributed by atoms with van der Waals surface area (Å²) in [6.07, 6.45) is 2.28. The highest BCUT2D eigenvalue weighted by Crippen LogP contribution is 2.30. The van der Waals surface area contributed by atoms with Crippen LogP contribution in [0.5, 0.6) is 0 Å². The Kier molecular flexibility index (Phi) is 3.31. The van der Waals surface area contributed by atoms with E-state index >= 15 is 0 Å². The highest BCUT2D eigenvalue weighted by Gasteiger charge is 2.13. The van der Waals surface area contributed by atoms with Crippen LogP contribution < -0.4 is 0 Å². The highest BCUT2D eigenvalue weighted by molar-refractivity contribution is 7.99. The van der Waals surface area contributed by atoms with Crippen molar-refractivity contribution < 1.29 is 9.53 Å². The third kappa shape index (κ3) is 2.34. The van der Waals surface area contributed by atoms with Gasteiger partial charge in [0, 0.05) is 4.90 Å². The van der Waals surface area contributed by atoms with E-state index in [9.17, 15) is 4.79 Å². The molecule has 0 spiro atoms. The van der Waals surface area contributed by atoms with Crippen molar-refractivity contribution >= 4 is 17.7 Å². The van der Waals surface area contributed by atoms with E-state index < -0.39 is 0 Å². The molecule has 1 aliphatic rings. The molecule has 3 heteroatoms. The van der Waals surface area contributed by atoms with E-state index in [1.807, 2.05) is 36.9 Å². The van der Waals surface area contributed by atoms with E-state index in [1.54, 1.807) is 0 Å². The second-order valence-corrected chi connectivity index (χ2v) is 4.63. The summed E-state index contributed by atoms with van der Waals surface area (Å²) in [6.45, 7) is 2.26. The third-order valence-electron chi connectivity index (χ3n) is 2.42. The summed E-state index contributed by atoms with van der Waals surface area (Å²) in [5.74, 6) is 0.974. The van der Waals surface area contributed by atoms with Crippen molar-refractivity contribution in [3.8, 4) is 0 Å². The minimum atomic E-state index is -0.212. The zero-order valence-corrected chi connectivity index (χ0v) is 9.60. The van der Waals surface area contributed by atoms with Gasteiger partial charge in [-0.15, -0.1) is 11.8 Å². The first-order chi connectivity index (χ1) is 7.31. The first kappa shape index (κ1) is 10.6. The van der Waals surface area contributed by atoms with Gasteiger partial charge >= 0.3 is 5.97 Å². The Morgan fingerprint density at radius 3 is 3.20 bits per heavy atom. The largest absolute Gasteiger partial charge is 0.462 e. The van der Waals surface area contributed by atoms with E-state index in [4.69, 9.17) is 4.74 Å². The number of carbonyl (C=O) groups is 1. The Balaban J connectivity index is 2.24. The molecule has 0 saturated heterocycles. The molecule has 2 nitrogen and oxygen atoms in total. The van der Waals surface area contributed by atoms with Crippen molar-refractivity contribution in [3.05, 3.63) is 29.3 Å². The molecule has 0 N–H and O–H groups in total. The molecule has 1 heterocycles. The van der Waals surface area contributed by atoms with Gasteiger partial charge in [0.1, 0.15) is 0 Å². The van der Waals surface area contributed by atoms with Crippen molar-refractivity contribution in [1.29, 1.82) is 0 Å². The Morgan fingerprint density at radius 1 is 1.53 bits per heavy atom. The zero-order chi connectivity index (χ0) is 10.7. The number of fused-ring (bicyclic) bond motifs is 1. The van der Waals surface area contributed by atoms with E-state index in [0.29, 0.717) is 12.2 Å². The summed E-state index contributed by atoms with van der Waals surface area (Å²) in [7, 11) is 0. The predicted octanol–water partition coefficient (Wildman–Crippen LogP) is 2.90. The number of hydrogen-bond acceptors (Lipinski definition) is 3. The summed E-state index contributed by atoms with van der Waals surface area (Å²) in [4.78, 5) is 12.8. The van der Waals surface area contributed by atoms with Gasteiger partial charge in [-0.2, -0.15) is 0 Å². The van der Waals surface area contributed by atoms with Crippen LogP contribution >= 0.6 is 11.8 Å². The molecule has 0 aromatic heterocycles. The van der Waals surface area contributed by atoms with Gasteiger partial charge in [0.25, 0.3) is 0 Å². The smallest absolute Gasteiger partial charge is 0.338 e. The fourth-order valence-corrected chi connectivity index (χ4v) is 2.72. The van der Waals surface area contributed by atoms with Gasteiger partial charge in [-0.25, -0.2) is 4.79 Å². The average molecular weight is 222 g/mol. The normalized spacial score (nSPS) is 14.5. The molecule has 80 valence electrons. The van der Waals surface area contributed by atoms with Crippen LogP contribution in [-0.2, 0) is 11.2 Å².